The van der Waals surface area contributed by atoms with E-state index in [1.807, 2.05) is 0 Å². The van der Waals surface area contributed by atoms with E-state index in [2.05, 4.69) is 16.7 Å². The third kappa shape index (κ3) is 4.78. The Morgan fingerprint density at radius 2 is 2.09 bits per heavy atom. The third-order valence-corrected chi connectivity index (χ3v) is 6.60. The lowest BCUT2D eigenvalue weighted by Crippen LogP contribution is -2.32. The molecule has 0 spiro atoms. The molecular weight excluding hydrogens is 441 g/mol. The van der Waals surface area contributed by atoms with Crippen LogP contribution in [0.5, 0.6) is 5.75 Å². The molecule has 168 valence electrons. The van der Waals surface area contributed by atoms with Gasteiger partial charge in [0.2, 0.25) is 5.91 Å². The van der Waals surface area contributed by atoms with Crippen molar-refractivity contribution in [1.29, 1.82) is 5.26 Å². The van der Waals surface area contributed by atoms with Gasteiger partial charge in [-0.3, -0.25) is 9.59 Å². The first-order valence-corrected chi connectivity index (χ1v) is 11.5. The van der Waals surface area contributed by atoms with Gasteiger partial charge in [0.15, 0.2) is 5.78 Å². The Morgan fingerprint density at radius 1 is 1.27 bits per heavy atom. The van der Waals surface area contributed by atoms with Crippen LogP contribution in [-0.4, -0.2) is 24.6 Å². The number of rotatable bonds is 6. The summed E-state index contributed by atoms with van der Waals surface area (Å²) in [5.74, 6) is -0.943. The second-order valence-corrected chi connectivity index (χ2v) is 8.66. The number of benzene rings is 2. The largest absolute Gasteiger partial charge is 0.497 e. The SMILES string of the molecule is COc1cccc(NC(=O)CSC2=C(C#N)[C@H](c3ccccc3F)C3=C(CCCC3=O)N2)c1. The predicted molar refractivity (Wildman–Crippen MR) is 125 cm³/mol. The van der Waals surface area contributed by atoms with Crippen LogP contribution in [0.2, 0.25) is 0 Å². The Hall–Kier alpha value is -3.57. The molecule has 1 aliphatic carbocycles. The van der Waals surface area contributed by atoms with Gasteiger partial charge in [0, 0.05) is 35.0 Å². The number of anilines is 1. The molecule has 2 aromatic rings. The molecule has 0 bridgehead atoms. The Kier molecular flexibility index (Phi) is 6.80. The molecule has 0 unspecified atom stereocenters. The van der Waals surface area contributed by atoms with Gasteiger partial charge in [0.25, 0.3) is 0 Å². The van der Waals surface area contributed by atoms with Crippen LogP contribution in [0.3, 0.4) is 0 Å². The molecule has 1 amide bonds. The highest BCUT2D eigenvalue weighted by molar-refractivity contribution is 8.03. The molecule has 1 heterocycles. The molecule has 1 aliphatic heterocycles. The van der Waals surface area contributed by atoms with Crippen LogP contribution in [0.4, 0.5) is 10.1 Å². The Morgan fingerprint density at radius 3 is 2.85 bits per heavy atom. The van der Waals surface area contributed by atoms with Gasteiger partial charge in [-0.15, -0.1) is 0 Å². The van der Waals surface area contributed by atoms with Crippen molar-refractivity contribution in [2.24, 2.45) is 0 Å². The Bertz CT molecular complexity index is 1220. The number of amides is 1. The van der Waals surface area contributed by atoms with Crippen LogP contribution in [0.1, 0.15) is 30.7 Å². The zero-order chi connectivity index (χ0) is 23.4. The highest BCUT2D eigenvalue weighted by atomic mass is 32.2. The Balaban J connectivity index is 1.61. The number of halogens is 1. The molecule has 0 saturated heterocycles. The zero-order valence-electron chi connectivity index (χ0n) is 18.0. The summed E-state index contributed by atoms with van der Waals surface area (Å²) in [5.41, 5.74) is 2.28. The van der Waals surface area contributed by atoms with Crippen LogP contribution in [0, 0.1) is 17.1 Å². The summed E-state index contributed by atoms with van der Waals surface area (Å²) in [5, 5.41) is 16.5. The number of carbonyl (C=O) groups is 2. The van der Waals surface area contributed by atoms with Crippen LogP contribution < -0.4 is 15.4 Å². The molecule has 2 N–H and O–H groups in total. The number of methoxy groups -OCH3 is 1. The van der Waals surface area contributed by atoms with Crippen molar-refractivity contribution in [3.05, 3.63) is 81.8 Å². The number of nitrogens with zero attached hydrogens (tertiary/aromatic N) is 1. The average molecular weight is 464 g/mol. The van der Waals surface area contributed by atoms with Crippen molar-refractivity contribution in [1.82, 2.24) is 5.32 Å². The van der Waals surface area contributed by atoms with E-state index in [-0.39, 0.29) is 28.6 Å². The molecule has 4 rings (SSSR count). The normalized spacial score (nSPS) is 17.7. The van der Waals surface area contributed by atoms with Crippen molar-refractivity contribution in [3.8, 4) is 11.8 Å². The second-order valence-electron chi connectivity index (χ2n) is 7.67. The van der Waals surface area contributed by atoms with Gasteiger partial charge in [-0.2, -0.15) is 5.26 Å². The summed E-state index contributed by atoms with van der Waals surface area (Å²) < 4.78 is 19.9. The fraction of sp³-hybridized carbons (Fsp3) is 0.240. The molecule has 2 aliphatic rings. The highest BCUT2D eigenvalue weighted by Crippen LogP contribution is 2.44. The van der Waals surface area contributed by atoms with Gasteiger partial charge < -0.3 is 15.4 Å². The van der Waals surface area contributed by atoms with Gasteiger partial charge in [-0.25, -0.2) is 4.39 Å². The van der Waals surface area contributed by atoms with Crippen molar-refractivity contribution in [2.45, 2.75) is 25.2 Å². The predicted octanol–water partition coefficient (Wildman–Crippen LogP) is 4.64. The van der Waals surface area contributed by atoms with Crippen molar-refractivity contribution in [3.63, 3.8) is 0 Å². The average Bonchev–Trinajstić information content (AvgIpc) is 2.82. The number of carbonyl (C=O) groups excluding carboxylic acids is 2. The van der Waals surface area contributed by atoms with Crippen molar-refractivity contribution < 1.29 is 18.7 Å². The number of Topliss-reactive ketones (excluding diaryl/α,β-unsaturated/α-hetero) is 1. The fourth-order valence-electron chi connectivity index (χ4n) is 4.09. The third-order valence-electron chi connectivity index (χ3n) is 5.58. The number of nitriles is 1. The molecule has 0 aromatic heterocycles. The molecule has 33 heavy (non-hydrogen) atoms. The number of nitrogens with one attached hydrogen (secondary N) is 2. The lowest BCUT2D eigenvalue weighted by Gasteiger charge is -2.33. The summed E-state index contributed by atoms with van der Waals surface area (Å²) in [6.07, 6.45) is 1.69. The number of thioether (sulfide) groups is 1. The number of ketones is 1. The fourth-order valence-corrected chi connectivity index (χ4v) is 4.96. The topological polar surface area (TPSA) is 91.2 Å². The van der Waals surface area contributed by atoms with E-state index in [9.17, 15) is 19.2 Å². The molecule has 8 heteroatoms. The molecular formula is C25H22FN3O3S. The summed E-state index contributed by atoms with van der Waals surface area (Å²) in [7, 11) is 1.55. The lowest BCUT2D eigenvalue weighted by molar-refractivity contribution is -0.116. The number of ether oxygens (including phenoxy) is 1. The summed E-state index contributed by atoms with van der Waals surface area (Å²) in [6.45, 7) is 0. The number of dihydropyridines is 1. The number of hydrogen-bond donors (Lipinski definition) is 2. The first-order valence-electron chi connectivity index (χ1n) is 10.5. The standard InChI is InChI=1S/C25H22FN3O3S/c1-32-16-7-4-6-15(12-16)28-22(31)14-33-25-18(13-27)23(17-8-2-3-9-19(17)26)24-20(29-25)10-5-11-21(24)30/h2-4,6-9,12,23,29H,5,10-11,14H2,1H3,(H,28,31)/t23-/m0/s1. The Labute approximate surface area is 195 Å². The minimum absolute atomic E-state index is 0.0330. The van der Waals surface area contributed by atoms with Crippen molar-refractivity contribution in [2.75, 3.05) is 18.2 Å². The highest BCUT2D eigenvalue weighted by Gasteiger charge is 2.38. The summed E-state index contributed by atoms with van der Waals surface area (Å²) >= 11 is 1.16. The van der Waals surface area contributed by atoms with Gasteiger partial charge in [-0.1, -0.05) is 36.0 Å². The van der Waals surface area contributed by atoms with E-state index in [4.69, 9.17) is 4.74 Å². The van der Waals surface area contributed by atoms with E-state index < -0.39 is 11.7 Å². The first kappa shape index (κ1) is 22.6. The minimum atomic E-state index is -0.788. The summed E-state index contributed by atoms with van der Waals surface area (Å²) in [6, 6.07) is 15.4. The maximum Gasteiger partial charge on any atom is 0.234 e. The van der Waals surface area contributed by atoms with Crippen LogP contribution in [-0.2, 0) is 9.59 Å². The molecule has 0 fully saturated rings. The van der Waals surface area contributed by atoms with E-state index >= 15 is 0 Å². The minimum Gasteiger partial charge on any atom is -0.497 e. The first-order chi connectivity index (χ1) is 16.0. The van der Waals surface area contributed by atoms with E-state index in [1.165, 1.54) is 6.07 Å². The van der Waals surface area contributed by atoms with Crippen LogP contribution in [0.25, 0.3) is 0 Å². The molecule has 0 saturated carbocycles. The van der Waals surface area contributed by atoms with E-state index in [1.54, 1.807) is 49.6 Å². The lowest BCUT2D eigenvalue weighted by atomic mass is 9.76. The maximum absolute atomic E-state index is 14.7. The zero-order valence-corrected chi connectivity index (χ0v) is 18.8. The second kappa shape index (κ2) is 9.92. The van der Waals surface area contributed by atoms with Gasteiger partial charge >= 0.3 is 0 Å². The molecule has 1 atom stereocenters. The quantitative estimate of drug-likeness (QED) is 0.649. The van der Waals surface area contributed by atoms with E-state index in [0.29, 0.717) is 47.0 Å². The van der Waals surface area contributed by atoms with Crippen LogP contribution in [0.15, 0.2) is 70.4 Å². The number of hydrogen-bond acceptors (Lipinski definition) is 6. The van der Waals surface area contributed by atoms with Gasteiger partial charge in [0.1, 0.15) is 11.6 Å². The van der Waals surface area contributed by atoms with Gasteiger partial charge in [0.05, 0.1) is 35.5 Å². The maximum atomic E-state index is 14.7. The molecule has 0 radical (unpaired) electrons. The monoisotopic (exact) mass is 463 g/mol. The van der Waals surface area contributed by atoms with E-state index in [0.717, 1.165) is 11.8 Å². The van der Waals surface area contributed by atoms with Crippen molar-refractivity contribution >= 4 is 29.1 Å². The smallest absolute Gasteiger partial charge is 0.234 e. The number of allylic oxidation sites excluding steroid dienone is 3. The van der Waals surface area contributed by atoms with Crippen LogP contribution >= 0.6 is 11.8 Å². The van der Waals surface area contributed by atoms with Gasteiger partial charge in [-0.05, 0) is 31.0 Å². The molecule has 2 aromatic carbocycles. The molecule has 6 nitrogen and oxygen atoms in total. The summed E-state index contributed by atoms with van der Waals surface area (Å²) in [4.78, 5) is 25.3.